The van der Waals surface area contributed by atoms with Gasteiger partial charge in [-0.15, -0.1) is 0 Å². The van der Waals surface area contributed by atoms with Crippen LogP contribution >= 0.6 is 23.8 Å². The first-order valence-electron chi connectivity index (χ1n) is 11.8. The van der Waals surface area contributed by atoms with Crippen LogP contribution < -0.4 is 5.32 Å². The van der Waals surface area contributed by atoms with Gasteiger partial charge in [0.15, 0.2) is 5.11 Å². The van der Waals surface area contributed by atoms with Gasteiger partial charge in [-0.2, -0.15) is 0 Å². The smallest absolute Gasteiger partial charge is 0.170 e. The van der Waals surface area contributed by atoms with E-state index in [1.165, 1.54) is 11.3 Å². The van der Waals surface area contributed by atoms with Crippen molar-refractivity contribution in [2.75, 3.05) is 39.4 Å². The molecule has 2 aliphatic rings. The van der Waals surface area contributed by atoms with Crippen molar-refractivity contribution in [3.63, 3.8) is 0 Å². The fourth-order valence-electron chi connectivity index (χ4n) is 5.15. The molecule has 34 heavy (non-hydrogen) atoms. The van der Waals surface area contributed by atoms with Crippen LogP contribution in [-0.2, 0) is 4.74 Å². The molecule has 0 radical (unpaired) electrons. The number of para-hydroxylation sites is 1. The van der Waals surface area contributed by atoms with Crippen molar-refractivity contribution in [3.8, 4) is 5.69 Å². The summed E-state index contributed by atoms with van der Waals surface area (Å²) in [5.41, 5.74) is 5.53. The van der Waals surface area contributed by atoms with Crippen molar-refractivity contribution in [1.29, 1.82) is 0 Å². The summed E-state index contributed by atoms with van der Waals surface area (Å²) >= 11 is 12.5. The van der Waals surface area contributed by atoms with E-state index in [9.17, 15) is 0 Å². The van der Waals surface area contributed by atoms with Gasteiger partial charge >= 0.3 is 0 Å². The molecule has 0 amide bonds. The molecule has 3 aromatic rings. The van der Waals surface area contributed by atoms with Crippen LogP contribution in [0.25, 0.3) is 5.69 Å². The highest BCUT2D eigenvalue weighted by Gasteiger charge is 2.41. The maximum absolute atomic E-state index is 6.59. The third-order valence-corrected chi connectivity index (χ3v) is 7.51. The average Bonchev–Trinajstić information content (AvgIpc) is 3.34. The molecule has 0 bridgehead atoms. The lowest BCUT2D eigenvalue weighted by atomic mass is 9.96. The molecule has 0 spiro atoms. The van der Waals surface area contributed by atoms with E-state index < -0.39 is 0 Å². The van der Waals surface area contributed by atoms with Crippen LogP contribution in [0.1, 0.15) is 34.7 Å². The van der Waals surface area contributed by atoms with Crippen LogP contribution in [0.5, 0.6) is 0 Å². The van der Waals surface area contributed by atoms with Crippen molar-refractivity contribution in [2.45, 2.75) is 25.9 Å². The summed E-state index contributed by atoms with van der Waals surface area (Å²) in [7, 11) is 0. The molecule has 2 saturated heterocycles. The molecule has 1 N–H and O–H groups in total. The number of thiocarbonyl (C=S) groups is 1. The Morgan fingerprint density at radius 2 is 1.85 bits per heavy atom. The Morgan fingerprint density at radius 1 is 1.09 bits per heavy atom. The standard InChI is InChI=1S/C26H30ClN5OS/c1-18-17-20(19(2)32(18)23-9-4-3-7-21(23)27)25-24(22-8-5-6-10-28-22)29-26(34)31(25)12-11-30-13-15-33-16-14-30/h3-10,17,24-25H,11-16H2,1-2H3,(H,29,34)/t24-,25+/m1/s1. The first kappa shape index (κ1) is 23.3. The monoisotopic (exact) mass is 495 g/mol. The number of morpholine rings is 1. The van der Waals surface area contributed by atoms with Gasteiger partial charge in [0.2, 0.25) is 0 Å². The van der Waals surface area contributed by atoms with Gasteiger partial charge in [0, 0.05) is 43.8 Å². The quantitative estimate of drug-likeness (QED) is 0.510. The van der Waals surface area contributed by atoms with Gasteiger partial charge in [-0.1, -0.05) is 29.8 Å². The lowest BCUT2D eigenvalue weighted by Crippen LogP contribution is -2.42. The van der Waals surface area contributed by atoms with Crippen LogP contribution in [0.15, 0.2) is 54.7 Å². The summed E-state index contributed by atoms with van der Waals surface area (Å²) in [4.78, 5) is 9.47. The molecule has 0 unspecified atom stereocenters. The minimum Gasteiger partial charge on any atom is -0.379 e. The molecule has 4 heterocycles. The Bertz CT molecular complexity index is 1160. The third-order valence-electron chi connectivity index (χ3n) is 6.84. The predicted octanol–water partition coefficient (Wildman–Crippen LogP) is 4.45. The second-order valence-corrected chi connectivity index (χ2v) is 9.68. The molecule has 2 aromatic heterocycles. The minimum atomic E-state index is -0.0291. The number of rotatable bonds is 6. The average molecular weight is 496 g/mol. The number of hydrogen-bond acceptors (Lipinski definition) is 4. The molecule has 0 saturated carbocycles. The van der Waals surface area contributed by atoms with E-state index in [1.54, 1.807) is 0 Å². The molecule has 2 aliphatic heterocycles. The second kappa shape index (κ2) is 10.0. The van der Waals surface area contributed by atoms with Gasteiger partial charge in [-0.05, 0) is 62.0 Å². The first-order valence-corrected chi connectivity index (χ1v) is 12.5. The molecular formula is C26H30ClN5OS. The van der Waals surface area contributed by atoms with Crippen molar-refractivity contribution in [2.24, 2.45) is 0 Å². The first-order chi connectivity index (χ1) is 16.5. The number of ether oxygens (including phenoxy) is 1. The van der Waals surface area contributed by atoms with E-state index in [2.05, 4.69) is 56.7 Å². The summed E-state index contributed by atoms with van der Waals surface area (Å²) < 4.78 is 7.77. The predicted molar refractivity (Wildman–Crippen MR) is 140 cm³/mol. The molecule has 2 atom stereocenters. The minimum absolute atomic E-state index is 0.0291. The van der Waals surface area contributed by atoms with E-state index in [-0.39, 0.29) is 12.1 Å². The van der Waals surface area contributed by atoms with Crippen molar-refractivity contribution >= 4 is 28.9 Å². The summed E-state index contributed by atoms with van der Waals surface area (Å²) in [6.45, 7) is 9.60. The van der Waals surface area contributed by atoms with Crippen LogP contribution in [0.4, 0.5) is 0 Å². The number of nitrogens with zero attached hydrogens (tertiary/aromatic N) is 4. The summed E-state index contributed by atoms with van der Waals surface area (Å²) in [5.74, 6) is 0. The Balaban J connectivity index is 1.53. The number of nitrogens with one attached hydrogen (secondary N) is 1. The van der Waals surface area contributed by atoms with E-state index in [4.69, 9.17) is 28.6 Å². The fraction of sp³-hybridized carbons (Fsp3) is 0.385. The van der Waals surface area contributed by atoms with Gasteiger partial charge in [0.25, 0.3) is 0 Å². The lowest BCUT2D eigenvalue weighted by molar-refractivity contribution is 0.0350. The van der Waals surface area contributed by atoms with E-state index in [0.717, 1.165) is 66.6 Å². The van der Waals surface area contributed by atoms with Gasteiger partial charge in [-0.25, -0.2) is 0 Å². The van der Waals surface area contributed by atoms with Crippen molar-refractivity contribution < 1.29 is 4.74 Å². The molecule has 8 heteroatoms. The summed E-state index contributed by atoms with van der Waals surface area (Å²) in [6.07, 6.45) is 1.85. The zero-order chi connectivity index (χ0) is 23.7. The Morgan fingerprint density at radius 3 is 2.59 bits per heavy atom. The Kier molecular flexibility index (Phi) is 6.88. The molecular weight excluding hydrogens is 466 g/mol. The maximum Gasteiger partial charge on any atom is 0.170 e. The topological polar surface area (TPSA) is 45.6 Å². The maximum atomic E-state index is 6.59. The molecule has 6 nitrogen and oxygen atoms in total. The SMILES string of the molecule is Cc1cc([C@H]2[C@@H](c3ccccn3)NC(=S)N2CCN2CCOCC2)c(C)n1-c1ccccc1Cl. The van der Waals surface area contributed by atoms with Crippen molar-refractivity contribution in [1.82, 2.24) is 24.7 Å². The van der Waals surface area contributed by atoms with E-state index in [1.807, 2.05) is 36.5 Å². The lowest BCUT2D eigenvalue weighted by Gasteiger charge is -2.32. The van der Waals surface area contributed by atoms with E-state index >= 15 is 0 Å². The number of halogens is 1. The summed E-state index contributed by atoms with van der Waals surface area (Å²) in [6, 6.07) is 16.3. The van der Waals surface area contributed by atoms with Gasteiger partial charge in [0.1, 0.15) is 0 Å². The zero-order valence-electron chi connectivity index (χ0n) is 19.6. The molecule has 5 rings (SSSR count). The number of aryl methyl sites for hydroxylation is 1. The van der Waals surface area contributed by atoms with Gasteiger partial charge in [-0.3, -0.25) is 9.88 Å². The highest BCUT2D eigenvalue weighted by Crippen LogP contribution is 2.41. The van der Waals surface area contributed by atoms with Crippen molar-refractivity contribution in [3.05, 3.63) is 82.4 Å². The highest BCUT2D eigenvalue weighted by atomic mass is 35.5. The normalized spacial score (nSPS) is 21.1. The number of aromatic nitrogens is 2. The van der Waals surface area contributed by atoms with Crippen LogP contribution in [0, 0.1) is 13.8 Å². The molecule has 2 fully saturated rings. The fourth-order valence-corrected chi connectivity index (χ4v) is 5.70. The van der Waals surface area contributed by atoms with Crippen LogP contribution in [0.3, 0.4) is 0 Å². The van der Waals surface area contributed by atoms with Crippen LogP contribution in [0.2, 0.25) is 5.02 Å². The number of hydrogen-bond donors (Lipinski definition) is 1. The molecule has 0 aliphatic carbocycles. The van der Waals surface area contributed by atoms with Gasteiger partial charge < -0.3 is 19.5 Å². The third kappa shape index (κ3) is 4.45. The Labute approximate surface area is 211 Å². The van der Waals surface area contributed by atoms with Crippen LogP contribution in [-0.4, -0.2) is 63.9 Å². The van der Waals surface area contributed by atoms with E-state index in [0.29, 0.717) is 0 Å². The molecule has 1 aromatic carbocycles. The molecule has 178 valence electrons. The number of pyridine rings is 1. The Hall–Kier alpha value is -2.45. The zero-order valence-corrected chi connectivity index (χ0v) is 21.1. The second-order valence-electron chi connectivity index (χ2n) is 8.89. The highest BCUT2D eigenvalue weighted by molar-refractivity contribution is 7.80. The summed E-state index contributed by atoms with van der Waals surface area (Å²) in [5, 5.41) is 5.09. The number of benzene rings is 1. The largest absolute Gasteiger partial charge is 0.379 e. The van der Waals surface area contributed by atoms with Gasteiger partial charge in [0.05, 0.1) is 41.7 Å².